The summed E-state index contributed by atoms with van der Waals surface area (Å²) < 4.78 is 65.2. The molecule has 0 fully saturated rings. The molecule has 0 atom stereocenters. The van der Waals surface area contributed by atoms with Crippen molar-refractivity contribution in [3.8, 4) is 0 Å². The van der Waals surface area contributed by atoms with Crippen molar-refractivity contribution in [2.24, 2.45) is 0 Å². The molecule has 1 aromatic rings. The summed E-state index contributed by atoms with van der Waals surface area (Å²) in [7, 11) is 0.971. The van der Waals surface area contributed by atoms with Gasteiger partial charge in [-0.05, 0) is 13.8 Å². The third-order valence-electron chi connectivity index (χ3n) is 2.06. The van der Waals surface area contributed by atoms with Gasteiger partial charge in [0.25, 0.3) is 9.05 Å². The number of halogens is 4. The number of rotatable bonds is 5. The zero-order valence-electron chi connectivity index (χ0n) is 10.1. The monoisotopic (exact) mass is 320 g/mol. The smallest absolute Gasteiger partial charge is 0.372 e. The Hall–Kier alpha value is -0.800. The van der Waals surface area contributed by atoms with Gasteiger partial charge in [-0.2, -0.15) is 18.3 Å². The molecule has 1 rings (SSSR count). The summed E-state index contributed by atoms with van der Waals surface area (Å²) in [4.78, 5) is -0.473. The predicted molar refractivity (Wildman–Crippen MR) is 61.2 cm³/mol. The summed E-state index contributed by atoms with van der Waals surface area (Å²) in [6.07, 6.45) is -4.01. The maximum Gasteiger partial charge on any atom is 0.408 e. The molecule has 19 heavy (non-hydrogen) atoms. The molecule has 0 saturated carbocycles. The molecule has 110 valence electrons. The van der Waals surface area contributed by atoms with Crippen molar-refractivity contribution in [1.29, 1.82) is 0 Å². The molecule has 0 spiro atoms. The molecular formula is C9H12ClF3N2O3S. The van der Waals surface area contributed by atoms with Gasteiger partial charge in [-0.25, -0.2) is 8.42 Å². The van der Waals surface area contributed by atoms with Crippen molar-refractivity contribution in [2.45, 2.75) is 44.2 Å². The maximum atomic E-state index is 12.3. The minimum absolute atomic E-state index is 0.221. The number of alkyl halides is 3. The minimum atomic E-state index is -4.52. The first-order chi connectivity index (χ1) is 8.50. The fraction of sp³-hybridized carbons (Fsp3) is 0.667. The van der Waals surface area contributed by atoms with E-state index in [2.05, 4.69) is 5.10 Å². The second kappa shape index (κ2) is 5.68. The summed E-state index contributed by atoms with van der Waals surface area (Å²) in [6, 6.07) is 0. The van der Waals surface area contributed by atoms with Crippen molar-refractivity contribution in [2.75, 3.05) is 0 Å². The minimum Gasteiger partial charge on any atom is -0.372 e. The molecule has 1 aromatic heterocycles. The molecule has 0 aliphatic carbocycles. The van der Waals surface area contributed by atoms with Crippen LogP contribution in [0.25, 0.3) is 0 Å². The van der Waals surface area contributed by atoms with Gasteiger partial charge >= 0.3 is 6.18 Å². The molecule has 10 heteroatoms. The topological polar surface area (TPSA) is 61.2 Å². The first-order valence-electron chi connectivity index (χ1n) is 5.18. The summed E-state index contributed by atoms with van der Waals surface area (Å²) in [6.45, 7) is 1.60. The van der Waals surface area contributed by atoms with Gasteiger partial charge in [0.05, 0.1) is 24.6 Å². The molecule has 0 aliphatic rings. The van der Waals surface area contributed by atoms with Crippen LogP contribution in [0, 0.1) is 0 Å². The highest BCUT2D eigenvalue weighted by atomic mass is 35.7. The number of hydrogen-bond acceptors (Lipinski definition) is 4. The molecular weight excluding hydrogens is 309 g/mol. The highest BCUT2D eigenvalue weighted by Crippen LogP contribution is 2.24. The van der Waals surface area contributed by atoms with E-state index in [-0.39, 0.29) is 18.4 Å². The van der Waals surface area contributed by atoms with Crippen LogP contribution in [0.3, 0.4) is 0 Å². The van der Waals surface area contributed by atoms with E-state index in [1.54, 1.807) is 13.8 Å². The first kappa shape index (κ1) is 16.3. The summed E-state index contributed by atoms with van der Waals surface area (Å²) in [5, 5.41) is 3.40. The predicted octanol–water partition coefficient (Wildman–Crippen LogP) is 2.30. The van der Waals surface area contributed by atoms with Crippen LogP contribution in [-0.2, 0) is 26.9 Å². The Kier molecular flexibility index (Phi) is 4.86. The average Bonchev–Trinajstić information content (AvgIpc) is 2.54. The van der Waals surface area contributed by atoms with E-state index in [1.165, 1.54) is 0 Å². The Morgan fingerprint density at radius 3 is 2.47 bits per heavy atom. The molecule has 0 saturated heterocycles. The van der Waals surface area contributed by atoms with E-state index in [1.807, 2.05) is 0 Å². The molecule has 0 amide bonds. The molecule has 0 bridgehead atoms. The maximum absolute atomic E-state index is 12.3. The number of ether oxygens (including phenoxy) is 1. The van der Waals surface area contributed by atoms with E-state index >= 15 is 0 Å². The second-order valence-electron chi connectivity index (χ2n) is 4.03. The van der Waals surface area contributed by atoms with Gasteiger partial charge in [-0.1, -0.05) is 0 Å². The summed E-state index contributed by atoms with van der Waals surface area (Å²) in [5.74, 6) is 0. The Labute approximate surface area is 112 Å². The van der Waals surface area contributed by atoms with Crippen molar-refractivity contribution in [1.82, 2.24) is 9.78 Å². The SMILES string of the molecule is CC(C)OCc1c(S(=O)(=O)Cl)cnn1CC(F)(F)F. The lowest BCUT2D eigenvalue weighted by molar-refractivity contribution is -0.143. The highest BCUT2D eigenvalue weighted by molar-refractivity contribution is 8.13. The molecule has 5 nitrogen and oxygen atoms in total. The highest BCUT2D eigenvalue weighted by Gasteiger charge is 2.32. The fourth-order valence-electron chi connectivity index (χ4n) is 1.29. The van der Waals surface area contributed by atoms with Gasteiger partial charge in [-0.3, -0.25) is 4.68 Å². The zero-order chi connectivity index (χ0) is 14.8. The molecule has 0 N–H and O–H groups in total. The molecule has 1 heterocycles. The van der Waals surface area contributed by atoms with E-state index in [0.717, 1.165) is 6.20 Å². The van der Waals surface area contributed by atoms with Crippen molar-refractivity contribution in [3.63, 3.8) is 0 Å². The van der Waals surface area contributed by atoms with E-state index in [0.29, 0.717) is 4.68 Å². The average molecular weight is 321 g/mol. The lowest BCUT2D eigenvalue weighted by Gasteiger charge is -2.13. The van der Waals surface area contributed by atoms with Gasteiger partial charge in [-0.15, -0.1) is 0 Å². The largest absolute Gasteiger partial charge is 0.408 e. The zero-order valence-corrected chi connectivity index (χ0v) is 11.7. The number of aromatic nitrogens is 2. The second-order valence-corrected chi connectivity index (χ2v) is 6.56. The fourth-order valence-corrected chi connectivity index (χ4v) is 2.30. The van der Waals surface area contributed by atoms with Crippen molar-refractivity contribution < 1.29 is 26.3 Å². The van der Waals surface area contributed by atoms with Gasteiger partial charge in [0.15, 0.2) is 0 Å². The molecule has 0 aromatic carbocycles. The Morgan fingerprint density at radius 1 is 1.47 bits per heavy atom. The lowest BCUT2D eigenvalue weighted by Crippen LogP contribution is -2.21. The van der Waals surface area contributed by atoms with Crippen molar-refractivity contribution in [3.05, 3.63) is 11.9 Å². The Bertz CT molecular complexity index is 539. The standard InChI is InChI=1S/C9H12ClF3N2O3S/c1-6(2)18-4-7-8(19(10,16)17)3-14-15(7)5-9(11,12)13/h3,6H,4-5H2,1-2H3. The van der Waals surface area contributed by atoms with Crippen LogP contribution in [0.5, 0.6) is 0 Å². The van der Waals surface area contributed by atoms with Gasteiger partial charge in [0.1, 0.15) is 11.4 Å². The Balaban J connectivity index is 3.14. The summed E-state index contributed by atoms with van der Waals surface area (Å²) >= 11 is 0. The van der Waals surface area contributed by atoms with E-state index in [4.69, 9.17) is 15.4 Å². The molecule has 0 radical (unpaired) electrons. The lowest BCUT2D eigenvalue weighted by atomic mass is 10.4. The van der Waals surface area contributed by atoms with Crippen LogP contribution in [0.15, 0.2) is 11.1 Å². The van der Waals surface area contributed by atoms with Crippen LogP contribution in [0.4, 0.5) is 13.2 Å². The molecule has 0 aliphatic heterocycles. The van der Waals surface area contributed by atoms with Crippen molar-refractivity contribution >= 4 is 19.7 Å². The number of hydrogen-bond donors (Lipinski definition) is 0. The van der Waals surface area contributed by atoms with E-state index < -0.39 is 26.7 Å². The van der Waals surface area contributed by atoms with Gasteiger partial charge in [0, 0.05) is 10.7 Å². The van der Waals surface area contributed by atoms with Crippen LogP contribution in [0.2, 0.25) is 0 Å². The Morgan fingerprint density at radius 2 is 2.05 bits per heavy atom. The third-order valence-corrected chi connectivity index (χ3v) is 3.42. The third kappa shape index (κ3) is 5.00. The molecule has 0 unspecified atom stereocenters. The quantitative estimate of drug-likeness (QED) is 0.781. The van der Waals surface area contributed by atoms with E-state index in [9.17, 15) is 21.6 Å². The van der Waals surface area contributed by atoms with Crippen LogP contribution in [-0.4, -0.2) is 30.5 Å². The van der Waals surface area contributed by atoms with Crippen LogP contribution < -0.4 is 0 Å². The number of nitrogens with zero attached hydrogens (tertiary/aromatic N) is 2. The van der Waals surface area contributed by atoms with Gasteiger partial charge < -0.3 is 4.74 Å². The van der Waals surface area contributed by atoms with Gasteiger partial charge in [0.2, 0.25) is 0 Å². The normalized spacial score (nSPS) is 13.2. The van der Waals surface area contributed by atoms with Crippen LogP contribution >= 0.6 is 10.7 Å². The van der Waals surface area contributed by atoms with Crippen LogP contribution in [0.1, 0.15) is 19.5 Å². The summed E-state index contributed by atoms with van der Waals surface area (Å²) in [5.41, 5.74) is -0.221. The first-order valence-corrected chi connectivity index (χ1v) is 7.49.